The number of ether oxygens (including phenoxy) is 1. The summed E-state index contributed by atoms with van der Waals surface area (Å²) in [4.78, 5) is 4.58. The number of benzene rings is 1. The highest BCUT2D eigenvalue weighted by Gasteiger charge is 2.28. The minimum Gasteiger partial charge on any atom is -0.485 e. The van der Waals surface area contributed by atoms with E-state index in [-0.39, 0.29) is 12.4 Å². The molecule has 0 spiro atoms. The summed E-state index contributed by atoms with van der Waals surface area (Å²) in [6.07, 6.45) is 2.46. The van der Waals surface area contributed by atoms with Gasteiger partial charge in [-0.2, -0.15) is 10.2 Å². The first-order valence-corrected chi connectivity index (χ1v) is 8.50. The molecule has 0 radical (unpaired) electrons. The van der Waals surface area contributed by atoms with Crippen molar-refractivity contribution in [1.82, 2.24) is 24.5 Å². The number of hydrogen-bond acceptors (Lipinski definition) is 4. The van der Waals surface area contributed by atoms with E-state index in [9.17, 15) is 4.39 Å². The van der Waals surface area contributed by atoms with Crippen LogP contribution in [0.2, 0.25) is 0 Å². The highest BCUT2D eigenvalue weighted by molar-refractivity contribution is 5.50. The quantitative estimate of drug-likeness (QED) is 0.690. The van der Waals surface area contributed by atoms with Crippen LogP contribution in [0, 0.1) is 5.82 Å². The van der Waals surface area contributed by atoms with Crippen molar-refractivity contribution in [1.29, 1.82) is 0 Å². The Morgan fingerprint density at radius 1 is 1.24 bits per heavy atom. The molecule has 7 heteroatoms. The number of nitrogens with zero attached hydrogens (tertiary/aromatic N) is 5. The van der Waals surface area contributed by atoms with E-state index < -0.39 is 0 Å². The van der Waals surface area contributed by atoms with Crippen molar-refractivity contribution in [3.8, 4) is 17.3 Å². The van der Waals surface area contributed by atoms with Crippen molar-refractivity contribution in [3.05, 3.63) is 47.7 Å². The van der Waals surface area contributed by atoms with Gasteiger partial charge >= 0.3 is 0 Å². The molecule has 0 unspecified atom stereocenters. The Morgan fingerprint density at radius 2 is 2.08 bits per heavy atom. The molecule has 0 bridgehead atoms. The molecule has 6 nitrogen and oxygen atoms in total. The molecule has 0 N–H and O–H groups in total. The van der Waals surface area contributed by atoms with Crippen LogP contribution in [0.15, 0.2) is 30.3 Å². The van der Waals surface area contributed by atoms with Crippen LogP contribution in [-0.2, 0) is 20.2 Å². The molecule has 25 heavy (non-hydrogen) atoms. The molecule has 1 aliphatic rings. The number of halogens is 1. The molecule has 1 aromatic carbocycles. The van der Waals surface area contributed by atoms with Crippen molar-refractivity contribution in [2.24, 2.45) is 7.05 Å². The Labute approximate surface area is 145 Å². The first-order valence-electron chi connectivity index (χ1n) is 8.50. The second-order valence-electron chi connectivity index (χ2n) is 6.27. The van der Waals surface area contributed by atoms with Gasteiger partial charge < -0.3 is 4.74 Å². The fourth-order valence-corrected chi connectivity index (χ4v) is 2.92. The average molecular weight is 341 g/mol. The van der Waals surface area contributed by atoms with Crippen molar-refractivity contribution in [2.75, 3.05) is 0 Å². The Kier molecular flexibility index (Phi) is 3.99. The minimum atomic E-state index is -0.327. The fourth-order valence-electron chi connectivity index (χ4n) is 2.92. The molecule has 0 atom stereocenters. The summed E-state index contributed by atoms with van der Waals surface area (Å²) in [6, 6.07) is 8.15. The first kappa shape index (κ1) is 15.8. The zero-order valence-electron chi connectivity index (χ0n) is 14.3. The number of rotatable bonds is 6. The molecular formula is C18H20FN5O. The van der Waals surface area contributed by atoms with Gasteiger partial charge in [-0.05, 0) is 38.0 Å². The smallest absolute Gasteiger partial charge is 0.188 e. The third kappa shape index (κ3) is 3.26. The first-order chi connectivity index (χ1) is 12.1. The molecule has 1 saturated carbocycles. The van der Waals surface area contributed by atoms with Gasteiger partial charge in [0, 0.05) is 31.3 Å². The van der Waals surface area contributed by atoms with E-state index in [1.54, 1.807) is 12.1 Å². The largest absolute Gasteiger partial charge is 0.485 e. The standard InChI is InChI=1S/C18H20FN5O/c1-3-24-18(15-10-16(12-7-8-12)23(2)21-15)20-17(22-24)11-25-14-6-4-5-13(19)9-14/h4-6,9-10,12H,3,7-8,11H2,1-2H3. The number of aromatic nitrogens is 5. The van der Waals surface area contributed by atoms with Crippen LogP contribution in [0.5, 0.6) is 5.75 Å². The fraction of sp³-hybridized carbons (Fsp3) is 0.389. The summed E-state index contributed by atoms with van der Waals surface area (Å²) in [5.41, 5.74) is 2.08. The summed E-state index contributed by atoms with van der Waals surface area (Å²) in [6.45, 7) is 2.89. The van der Waals surface area contributed by atoms with E-state index in [1.165, 1.54) is 30.7 Å². The van der Waals surface area contributed by atoms with E-state index in [2.05, 4.69) is 21.2 Å². The van der Waals surface area contributed by atoms with E-state index >= 15 is 0 Å². The Bertz CT molecular complexity index is 897. The summed E-state index contributed by atoms with van der Waals surface area (Å²) in [5, 5.41) is 9.08. The average Bonchev–Trinajstić information content (AvgIpc) is 3.24. The zero-order valence-corrected chi connectivity index (χ0v) is 14.3. The van der Waals surface area contributed by atoms with Crippen molar-refractivity contribution < 1.29 is 9.13 Å². The molecule has 1 aliphatic carbocycles. The number of aryl methyl sites for hydroxylation is 2. The van der Waals surface area contributed by atoms with Gasteiger partial charge in [-0.3, -0.25) is 4.68 Å². The lowest BCUT2D eigenvalue weighted by molar-refractivity contribution is 0.293. The molecule has 2 heterocycles. The Balaban J connectivity index is 1.56. The van der Waals surface area contributed by atoms with Crippen LogP contribution in [0.1, 0.15) is 37.2 Å². The highest BCUT2D eigenvalue weighted by Crippen LogP contribution is 2.40. The van der Waals surface area contributed by atoms with Gasteiger partial charge in [-0.25, -0.2) is 14.1 Å². The summed E-state index contributed by atoms with van der Waals surface area (Å²) in [7, 11) is 1.97. The lowest BCUT2D eigenvalue weighted by Crippen LogP contribution is -2.02. The second-order valence-corrected chi connectivity index (χ2v) is 6.27. The lowest BCUT2D eigenvalue weighted by atomic mass is 10.2. The van der Waals surface area contributed by atoms with E-state index in [4.69, 9.17) is 4.74 Å². The van der Waals surface area contributed by atoms with Crippen LogP contribution in [-0.4, -0.2) is 24.5 Å². The minimum absolute atomic E-state index is 0.186. The van der Waals surface area contributed by atoms with Crippen LogP contribution in [0.25, 0.3) is 11.5 Å². The Morgan fingerprint density at radius 3 is 2.80 bits per heavy atom. The van der Waals surface area contributed by atoms with Crippen molar-refractivity contribution in [3.63, 3.8) is 0 Å². The normalized spacial score (nSPS) is 14.0. The van der Waals surface area contributed by atoms with E-state index in [1.807, 2.05) is 23.3 Å². The van der Waals surface area contributed by atoms with Gasteiger partial charge in [0.25, 0.3) is 0 Å². The lowest BCUT2D eigenvalue weighted by Gasteiger charge is -2.02. The molecule has 130 valence electrons. The molecule has 4 rings (SSSR count). The molecule has 0 aliphatic heterocycles. The van der Waals surface area contributed by atoms with Gasteiger partial charge in [0.2, 0.25) is 0 Å². The molecular weight excluding hydrogens is 321 g/mol. The maximum absolute atomic E-state index is 13.2. The zero-order chi connectivity index (χ0) is 17.4. The molecule has 2 aromatic heterocycles. The van der Waals surface area contributed by atoms with Crippen LogP contribution in [0.4, 0.5) is 4.39 Å². The molecule has 0 amide bonds. The second kappa shape index (κ2) is 6.31. The van der Waals surface area contributed by atoms with Crippen molar-refractivity contribution in [2.45, 2.75) is 38.8 Å². The van der Waals surface area contributed by atoms with Crippen LogP contribution >= 0.6 is 0 Å². The SMILES string of the molecule is CCn1nc(COc2cccc(F)c2)nc1-c1cc(C2CC2)n(C)n1. The van der Waals surface area contributed by atoms with Gasteiger partial charge in [0.1, 0.15) is 23.9 Å². The van der Waals surface area contributed by atoms with Crippen LogP contribution < -0.4 is 4.74 Å². The topological polar surface area (TPSA) is 57.8 Å². The highest BCUT2D eigenvalue weighted by atomic mass is 19.1. The summed E-state index contributed by atoms with van der Waals surface area (Å²) < 4.78 is 22.6. The van der Waals surface area contributed by atoms with E-state index in [0.717, 1.165) is 11.5 Å². The maximum atomic E-state index is 13.2. The maximum Gasteiger partial charge on any atom is 0.188 e. The molecule has 3 aromatic rings. The van der Waals surface area contributed by atoms with Gasteiger partial charge in [-0.15, -0.1) is 0 Å². The third-order valence-electron chi connectivity index (χ3n) is 4.32. The van der Waals surface area contributed by atoms with Gasteiger partial charge in [0.05, 0.1) is 0 Å². The van der Waals surface area contributed by atoms with Gasteiger partial charge in [0.15, 0.2) is 11.6 Å². The third-order valence-corrected chi connectivity index (χ3v) is 4.32. The monoisotopic (exact) mass is 341 g/mol. The van der Waals surface area contributed by atoms with Crippen LogP contribution in [0.3, 0.4) is 0 Å². The Hall–Kier alpha value is -2.70. The molecule has 1 fully saturated rings. The summed E-state index contributed by atoms with van der Waals surface area (Å²) >= 11 is 0. The predicted octanol–water partition coefficient (Wildman–Crippen LogP) is 3.29. The van der Waals surface area contributed by atoms with E-state index in [0.29, 0.717) is 24.0 Å². The molecule has 0 saturated heterocycles. The van der Waals surface area contributed by atoms with Crippen molar-refractivity contribution >= 4 is 0 Å². The van der Waals surface area contributed by atoms with Gasteiger partial charge in [-0.1, -0.05) is 6.07 Å². The summed E-state index contributed by atoms with van der Waals surface area (Å²) in [5.74, 6) is 2.05. The number of hydrogen-bond donors (Lipinski definition) is 0. The predicted molar refractivity (Wildman–Crippen MR) is 90.6 cm³/mol.